The molecule has 0 saturated heterocycles. The van der Waals surface area contributed by atoms with Crippen LogP contribution in [0.1, 0.15) is 32.8 Å². The normalized spacial score (nSPS) is 12.1. The molecule has 0 spiro atoms. The van der Waals surface area contributed by atoms with Crippen molar-refractivity contribution in [3.63, 3.8) is 0 Å². The zero-order valence-corrected chi connectivity index (χ0v) is 24.8. The van der Waals surface area contributed by atoms with Crippen LogP contribution in [0.3, 0.4) is 0 Å². The van der Waals surface area contributed by atoms with Crippen molar-refractivity contribution in [2.24, 2.45) is 5.92 Å². The first kappa shape index (κ1) is 31.5. The minimum absolute atomic E-state index is 0.0101. The Morgan fingerprint density at radius 3 is 2.24 bits per heavy atom. The summed E-state index contributed by atoms with van der Waals surface area (Å²) in [4.78, 5) is 28.3. The van der Waals surface area contributed by atoms with Gasteiger partial charge in [0.15, 0.2) is 0 Å². The van der Waals surface area contributed by atoms with Crippen LogP contribution in [-0.4, -0.2) is 64.7 Å². The summed E-state index contributed by atoms with van der Waals surface area (Å²) in [5.41, 5.74) is 0.766. The third kappa shape index (κ3) is 8.41. The van der Waals surface area contributed by atoms with Crippen LogP contribution in [0.2, 0.25) is 10.0 Å². The Balaban J connectivity index is 2.53. The lowest BCUT2D eigenvalue weighted by Gasteiger charge is -2.33. The third-order valence-electron chi connectivity index (χ3n) is 5.74. The summed E-state index contributed by atoms with van der Waals surface area (Å²) in [6.07, 6.45) is 1.30. The molecule has 1 unspecified atom stereocenters. The van der Waals surface area contributed by atoms with Gasteiger partial charge in [-0.1, -0.05) is 50.0 Å². The minimum atomic E-state index is -3.95. The maximum Gasteiger partial charge on any atom is 0.244 e. The molecule has 0 aliphatic heterocycles. The molecule has 0 fully saturated rings. The minimum Gasteiger partial charge on any atom is -0.497 e. The second-order valence-electron chi connectivity index (χ2n) is 9.14. The predicted molar refractivity (Wildman–Crippen MR) is 151 cm³/mol. The molecule has 2 aromatic rings. The van der Waals surface area contributed by atoms with E-state index >= 15 is 0 Å². The number of carbonyl (C=O) groups is 2. The Morgan fingerprint density at radius 1 is 1.03 bits per heavy atom. The molecular weight excluding hydrogens is 553 g/mol. The topological polar surface area (TPSA) is 105 Å². The molecule has 0 aliphatic carbocycles. The molecule has 12 heteroatoms. The molecule has 0 heterocycles. The van der Waals surface area contributed by atoms with E-state index in [1.807, 2.05) is 13.8 Å². The summed E-state index contributed by atoms with van der Waals surface area (Å²) in [7, 11) is -1.11. The molecule has 2 aromatic carbocycles. The van der Waals surface area contributed by atoms with Crippen LogP contribution in [0.5, 0.6) is 11.5 Å². The highest BCUT2D eigenvalue weighted by Gasteiger charge is 2.33. The molecule has 1 atom stereocenters. The first-order chi connectivity index (χ1) is 17.8. The largest absolute Gasteiger partial charge is 0.497 e. The van der Waals surface area contributed by atoms with E-state index in [-0.39, 0.29) is 29.8 Å². The number of benzene rings is 2. The molecule has 2 rings (SSSR count). The van der Waals surface area contributed by atoms with Gasteiger partial charge in [-0.05, 0) is 42.2 Å². The summed E-state index contributed by atoms with van der Waals surface area (Å²) in [6, 6.07) is 8.71. The molecule has 1 N–H and O–H groups in total. The standard InChI is InChI=1S/C26H35Cl2N3O6S/c1-7-22(26(33)29-14-17(2)3)30(15-18-8-10-20(27)21(28)12-18)25(32)16-31(38(6,34)35)23-13-19(36-4)9-11-24(23)37-5/h8-13,17,22H,7,14-16H2,1-6H3,(H,29,33). The SMILES string of the molecule is CCC(C(=O)NCC(C)C)N(Cc1ccc(Cl)c(Cl)c1)C(=O)CN(c1cc(OC)ccc1OC)S(C)(=O)=O. The van der Waals surface area contributed by atoms with Crippen molar-refractivity contribution in [2.45, 2.75) is 39.8 Å². The zero-order valence-electron chi connectivity index (χ0n) is 22.5. The first-order valence-electron chi connectivity index (χ1n) is 12.0. The smallest absolute Gasteiger partial charge is 0.244 e. The molecular formula is C26H35Cl2N3O6S. The number of carbonyl (C=O) groups excluding carboxylic acids is 2. The van der Waals surface area contributed by atoms with Gasteiger partial charge in [-0.15, -0.1) is 0 Å². The van der Waals surface area contributed by atoms with Crippen LogP contribution in [0, 0.1) is 5.92 Å². The van der Waals surface area contributed by atoms with E-state index in [1.54, 1.807) is 37.3 Å². The Bertz CT molecular complexity index is 1240. The van der Waals surface area contributed by atoms with Gasteiger partial charge < -0.3 is 19.7 Å². The fraction of sp³-hybridized carbons (Fsp3) is 0.462. The predicted octanol–water partition coefficient (Wildman–Crippen LogP) is 4.36. The third-order valence-corrected chi connectivity index (χ3v) is 7.61. The molecule has 0 bridgehead atoms. The van der Waals surface area contributed by atoms with Crippen LogP contribution in [0.25, 0.3) is 0 Å². The van der Waals surface area contributed by atoms with Gasteiger partial charge in [0.25, 0.3) is 0 Å². The van der Waals surface area contributed by atoms with Gasteiger partial charge in [0.05, 0.1) is 36.2 Å². The van der Waals surface area contributed by atoms with Gasteiger partial charge in [0, 0.05) is 19.2 Å². The van der Waals surface area contributed by atoms with Crippen molar-refractivity contribution in [3.8, 4) is 11.5 Å². The highest BCUT2D eigenvalue weighted by molar-refractivity contribution is 7.92. The summed E-state index contributed by atoms with van der Waals surface area (Å²) < 4.78 is 37.4. The number of nitrogens with zero attached hydrogens (tertiary/aromatic N) is 2. The van der Waals surface area contributed by atoms with E-state index in [0.29, 0.717) is 34.3 Å². The molecule has 0 aromatic heterocycles. The van der Waals surface area contributed by atoms with Crippen molar-refractivity contribution in [1.29, 1.82) is 0 Å². The fourth-order valence-electron chi connectivity index (χ4n) is 3.76. The van der Waals surface area contributed by atoms with Crippen molar-refractivity contribution in [1.82, 2.24) is 10.2 Å². The number of hydrogen-bond donors (Lipinski definition) is 1. The number of rotatable bonds is 13. The van der Waals surface area contributed by atoms with Crippen LogP contribution in [-0.2, 0) is 26.2 Å². The summed E-state index contributed by atoms with van der Waals surface area (Å²) in [6.45, 7) is 5.58. The van der Waals surface area contributed by atoms with E-state index in [1.165, 1.54) is 25.2 Å². The van der Waals surface area contributed by atoms with Gasteiger partial charge in [0.2, 0.25) is 21.8 Å². The van der Waals surface area contributed by atoms with E-state index in [4.69, 9.17) is 32.7 Å². The van der Waals surface area contributed by atoms with Crippen LogP contribution < -0.4 is 19.1 Å². The average Bonchev–Trinajstić information content (AvgIpc) is 2.86. The quantitative estimate of drug-likeness (QED) is 0.373. The monoisotopic (exact) mass is 587 g/mol. The van der Waals surface area contributed by atoms with Crippen molar-refractivity contribution in [3.05, 3.63) is 52.0 Å². The van der Waals surface area contributed by atoms with Crippen molar-refractivity contribution < 1.29 is 27.5 Å². The van der Waals surface area contributed by atoms with E-state index in [2.05, 4.69) is 5.32 Å². The zero-order chi connectivity index (χ0) is 28.6. The summed E-state index contributed by atoms with van der Waals surface area (Å²) in [5.74, 6) is -0.0924. The number of hydrogen-bond acceptors (Lipinski definition) is 6. The van der Waals surface area contributed by atoms with Crippen LogP contribution >= 0.6 is 23.2 Å². The van der Waals surface area contributed by atoms with Gasteiger partial charge >= 0.3 is 0 Å². The van der Waals surface area contributed by atoms with Crippen LogP contribution in [0.4, 0.5) is 5.69 Å². The number of nitrogens with one attached hydrogen (secondary N) is 1. The Hall–Kier alpha value is -2.69. The van der Waals surface area contributed by atoms with Gasteiger partial charge in [0.1, 0.15) is 24.1 Å². The maximum atomic E-state index is 13.8. The lowest BCUT2D eigenvalue weighted by Crippen LogP contribution is -2.52. The number of halogens is 2. The molecule has 0 saturated carbocycles. The van der Waals surface area contributed by atoms with E-state index in [9.17, 15) is 18.0 Å². The fourth-order valence-corrected chi connectivity index (χ4v) is 4.93. The Morgan fingerprint density at radius 2 is 1.71 bits per heavy atom. The van der Waals surface area contributed by atoms with Crippen LogP contribution in [0.15, 0.2) is 36.4 Å². The number of anilines is 1. The number of sulfonamides is 1. The van der Waals surface area contributed by atoms with Gasteiger partial charge in [-0.25, -0.2) is 8.42 Å². The lowest BCUT2D eigenvalue weighted by atomic mass is 10.1. The first-order valence-corrected chi connectivity index (χ1v) is 14.6. The van der Waals surface area contributed by atoms with Crippen molar-refractivity contribution in [2.75, 3.05) is 37.9 Å². The Kier molecular flexibility index (Phi) is 11.5. The van der Waals surface area contributed by atoms with E-state index in [0.717, 1.165) is 10.6 Å². The summed E-state index contributed by atoms with van der Waals surface area (Å²) >= 11 is 12.3. The molecule has 2 amide bonds. The van der Waals surface area contributed by atoms with Gasteiger partial charge in [-0.3, -0.25) is 13.9 Å². The molecule has 9 nitrogen and oxygen atoms in total. The molecule has 0 radical (unpaired) electrons. The summed E-state index contributed by atoms with van der Waals surface area (Å²) in [5, 5.41) is 3.52. The highest BCUT2D eigenvalue weighted by atomic mass is 35.5. The second-order valence-corrected chi connectivity index (χ2v) is 11.9. The number of amides is 2. The molecule has 38 heavy (non-hydrogen) atoms. The lowest BCUT2D eigenvalue weighted by molar-refractivity contribution is -0.140. The molecule has 210 valence electrons. The Labute approximate surface area is 235 Å². The van der Waals surface area contributed by atoms with E-state index < -0.39 is 28.5 Å². The highest BCUT2D eigenvalue weighted by Crippen LogP contribution is 2.34. The van der Waals surface area contributed by atoms with Gasteiger partial charge in [-0.2, -0.15) is 0 Å². The average molecular weight is 589 g/mol. The van der Waals surface area contributed by atoms with Crippen molar-refractivity contribution >= 4 is 50.7 Å². The molecule has 0 aliphatic rings. The number of methoxy groups -OCH3 is 2. The number of ether oxygens (including phenoxy) is 2. The maximum absolute atomic E-state index is 13.8. The second kappa shape index (κ2) is 13.9.